The van der Waals surface area contributed by atoms with E-state index in [0.717, 1.165) is 17.0 Å². The summed E-state index contributed by atoms with van der Waals surface area (Å²) in [6.07, 6.45) is 3.71. The molecule has 0 bridgehead atoms. The van der Waals surface area contributed by atoms with Crippen LogP contribution in [0.2, 0.25) is 0 Å². The molecule has 0 spiro atoms. The van der Waals surface area contributed by atoms with Crippen molar-refractivity contribution in [2.75, 3.05) is 19.0 Å². The number of ether oxygens (including phenoxy) is 1. The molecule has 0 saturated heterocycles. The lowest BCUT2D eigenvalue weighted by Crippen LogP contribution is -2.02. The molecule has 5 heteroatoms. The van der Waals surface area contributed by atoms with E-state index in [-0.39, 0.29) is 6.61 Å². The molecule has 18 heavy (non-hydrogen) atoms. The van der Waals surface area contributed by atoms with Gasteiger partial charge in [-0.2, -0.15) is 5.10 Å². The fourth-order valence-electron chi connectivity index (χ4n) is 1.66. The van der Waals surface area contributed by atoms with Gasteiger partial charge in [0.1, 0.15) is 5.75 Å². The summed E-state index contributed by atoms with van der Waals surface area (Å²) in [6.45, 7) is 1.32. The molecule has 1 heterocycles. The maximum Gasteiger partial charge on any atom is 0.120 e. The smallest absolute Gasteiger partial charge is 0.120 e. The summed E-state index contributed by atoms with van der Waals surface area (Å²) in [7, 11) is 1.65. The van der Waals surface area contributed by atoms with Gasteiger partial charge in [-0.25, -0.2) is 0 Å². The second-order valence-corrected chi connectivity index (χ2v) is 3.92. The molecule has 0 fully saturated rings. The minimum absolute atomic E-state index is 0.102. The van der Waals surface area contributed by atoms with Crippen LogP contribution in [-0.2, 0) is 13.1 Å². The predicted octanol–water partition coefficient (Wildman–Crippen LogP) is 1.50. The van der Waals surface area contributed by atoms with Gasteiger partial charge in [-0.1, -0.05) is 6.07 Å². The third-order valence-corrected chi connectivity index (χ3v) is 2.58. The van der Waals surface area contributed by atoms with Crippen LogP contribution in [0.3, 0.4) is 0 Å². The van der Waals surface area contributed by atoms with Crippen LogP contribution >= 0.6 is 0 Å². The van der Waals surface area contributed by atoms with Gasteiger partial charge in [0, 0.05) is 30.1 Å². The third kappa shape index (κ3) is 3.24. The van der Waals surface area contributed by atoms with Gasteiger partial charge in [0.2, 0.25) is 0 Å². The van der Waals surface area contributed by atoms with Crippen LogP contribution in [-0.4, -0.2) is 28.6 Å². The van der Waals surface area contributed by atoms with Crippen molar-refractivity contribution in [3.05, 3.63) is 42.2 Å². The lowest BCUT2D eigenvalue weighted by molar-refractivity contribution is 0.269. The zero-order chi connectivity index (χ0) is 12.8. The van der Waals surface area contributed by atoms with Gasteiger partial charge in [0.15, 0.2) is 0 Å². The first-order valence-corrected chi connectivity index (χ1v) is 5.82. The van der Waals surface area contributed by atoms with E-state index >= 15 is 0 Å². The van der Waals surface area contributed by atoms with Gasteiger partial charge >= 0.3 is 0 Å². The van der Waals surface area contributed by atoms with Crippen molar-refractivity contribution in [1.82, 2.24) is 9.78 Å². The summed E-state index contributed by atoms with van der Waals surface area (Å²) < 4.78 is 6.88. The number of rotatable bonds is 6. The predicted molar refractivity (Wildman–Crippen MR) is 69.6 cm³/mol. The maximum atomic E-state index is 8.80. The molecule has 5 nitrogen and oxygen atoms in total. The number of aromatic nitrogens is 2. The molecule has 1 aromatic carbocycles. The SMILES string of the molecule is COc1cccc(NCc2cnn(CCO)c2)c1. The fourth-order valence-corrected chi connectivity index (χ4v) is 1.66. The highest BCUT2D eigenvalue weighted by atomic mass is 16.5. The maximum absolute atomic E-state index is 8.80. The van der Waals surface area contributed by atoms with Crippen molar-refractivity contribution in [3.63, 3.8) is 0 Å². The second-order valence-electron chi connectivity index (χ2n) is 3.92. The molecule has 0 aliphatic heterocycles. The van der Waals surface area contributed by atoms with E-state index in [1.165, 1.54) is 0 Å². The number of anilines is 1. The molecule has 2 aromatic rings. The number of hydrogen-bond donors (Lipinski definition) is 2. The van der Waals surface area contributed by atoms with Crippen molar-refractivity contribution in [2.45, 2.75) is 13.1 Å². The van der Waals surface area contributed by atoms with Crippen LogP contribution in [0.25, 0.3) is 0 Å². The van der Waals surface area contributed by atoms with Gasteiger partial charge < -0.3 is 15.2 Å². The normalized spacial score (nSPS) is 10.3. The van der Waals surface area contributed by atoms with Gasteiger partial charge in [0.05, 0.1) is 26.5 Å². The molecular weight excluding hydrogens is 230 g/mol. The quantitative estimate of drug-likeness (QED) is 0.812. The average molecular weight is 247 g/mol. The lowest BCUT2D eigenvalue weighted by atomic mass is 10.3. The largest absolute Gasteiger partial charge is 0.497 e. The zero-order valence-corrected chi connectivity index (χ0v) is 10.3. The number of aliphatic hydroxyl groups excluding tert-OH is 1. The van der Waals surface area contributed by atoms with E-state index in [1.807, 2.05) is 30.5 Å². The Morgan fingerprint density at radius 3 is 3.11 bits per heavy atom. The monoisotopic (exact) mass is 247 g/mol. The number of nitrogens with zero attached hydrogens (tertiary/aromatic N) is 2. The Labute approximate surface area is 106 Å². The van der Waals surface area contributed by atoms with Crippen molar-refractivity contribution < 1.29 is 9.84 Å². The van der Waals surface area contributed by atoms with E-state index < -0.39 is 0 Å². The Morgan fingerprint density at radius 1 is 1.44 bits per heavy atom. The van der Waals surface area contributed by atoms with Gasteiger partial charge in [0.25, 0.3) is 0 Å². The van der Waals surface area contributed by atoms with E-state index in [0.29, 0.717) is 13.1 Å². The number of methoxy groups -OCH3 is 1. The first-order chi connectivity index (χ1) is 8.81. The summed E-state index contributed by atoms with van der Waals surface area (Å²) in [4.78, 5) is 0. The highest BCUT2D eigenvalue weighted by Gasteiger charge is 1.99. The molecule has 0 unspecified atom stereocenters. The Morgan fingerprint density at radius 2 is 2.33 bits per heavy atom. The Kier molecular flexibility index (Phi) is 4.20. The molecule has 0 aliphatic rings. The van der Waals surface area contributed by atoms with Crippen molar-refractivity contribution >= 4 is 5.69 Å². The summed E-state index contributed by atoms with van der Waals surface area (Å²) >= 11 is 0. The first kappa shape index (κ1) is 12.4. The molecule has 0 radical (unpaired) electrons. The summed E-state index contributed by atoms with van der Waals surface area (Å²) in [5.41, 5.74) is 2.08. The molecule has 1 aromatic heterocycles. The number of nitrogens with one attached hydrogen (secondary N) is 1. The van der Waals surface area contributed by atoms with Crippen LogP contribution in [0.4, 0.5) is 5.69 Å². The van der Waals surface area contributed by atoms with Gasteiger partial charge in [-0.3, -0.25) is 4.68 Å². The third-order valence-electron chi connectivity index (χ3n) is 2.58. The van der Waals surface area contributed by atoms with Gasteiger partial charge in [-0.15, -0.1) is 0 Å². The lowest BCUT2D eigenvalue weighted by Gasteiger charge is -2.06. The molecule has 2 N–H and O–H groups in total. The number of aliphatic hydroxyl groups is 1. The van der Waals surface area contributed by atoms with Crippen LogP contribution in [0.1, 0.15) is 5.56 Å². The van der Waals surface area contributed by atoms with Gasteiger partial charge in [-0.05, 0) is 12.1 Å². The molecule has 0 aliphatic carbocycles. The van der Waals surface area contributed by atoms with Crippen molar-refractivity contribution in [3.8, 4) is 5.75 Å². The minimum atomic E-state index is 0.102. The van der Waals surface area contributed by atoms with E-state index in [2.05, 4.69) is 10.4 Å². The first-order valence-electron chi connectivity index (χ1n) is 5.82. The fraction of sp³-hybridized carbons (Fsp3) is 0.308. The standard InChI is InChI=1S/C13H17N3O2/c1-18-13-4-2-3-12(7-13)14-8-11-9-15-16(10-11)5-6-17/h2-4,7,9-10,14,17H,5-6,8H2,1H3. The van der Waals surface area contributed by atoms with E-state index in [1.54, 1.807) is 18.0 Å². The second kappa shape index (κ2) is 6.07. The Balaban J connectivity index is 1.93. The average Bonchev–Trinajstić information content (AvgIpc) is 2.85. The zero-order valence-electron chi connectivity index (χ0n) is 10.3. The van der Waals surface area contributed by atoms with Crippen molar-refractivity contribution in [1.29, 1.82) is 0 Å². The molecule has 0 saturated carbocycles. The minimum Gasteiger partial charge on any atom is -0.497 e. The molecule has 0 atom stereocenters. The summed E-state index contributed by atoms with van der Waals surface area (Å²) in [5.74, 6) is 0.830. The van der Waals surface area contributed by atoms with Crippen LogP contribution in [0.5, 0.6) is 5.75 Å². The van der Waals surface area contributed by atoms with E-state index in [4.69, 9.17) is 9.84 Å². The summed E-state index contributed by atoms with van der Waals surface area (Å²) in [5, 5.41) is 16.2. The van der Waals surface area contributed by atoms with Crippen LogP contribution in [0.15, 0.2) is 36.7 Å². The van der Waals surface area contributed by atoms with Crippen molar-refractivity contribution in [2.24, 2.45) is 0 Å². The highest BCUT2D eigenvalue weighted by Crippen LogP contribution is 2.17. The molecule has 0 amide bonds. The van der Waals surface area contributed by atoms with E-state index in [9.17, 15) is 0 Å². The Hall–Kier alpha value is -2.01. The topological polar surface area (TPSA) is 59.3 Å². The van der Waals surface area contributed by atoms with Crippen LogP contribution < -0.4 is 10.1 Å². The Bertz CT molecular complexity index is 496. The number of benzene rings is 1. The highest BCUT2D eigenvalue weighted by molar-refractivity contribution is 5.48. The molecular formula is C13H17N3O2. The summed E-state index contributed by atoms with van der Waals surface area (Å²) in [6, 6.07) is 7.78. The molecule has 2 rings (SSSR count). The molecule has 96 valence electrons. The number of hydrogen-bond acceptors (Lipinski definition) is 4. The van der Waals surface area contributed by atoms with Crippen LogP contribution in [0, 0.1) is 0 Å².